The second-order valence-electron chi connectivity index (χ2n) is 3.71. The minimum absolute atomic E-state index is 0.107. The van der Waals surface area contributed by atoms with Crippen LogP contribution in [0.3, 0.4) is 0 Å². The van der Waals surface area contributed by atoms with E-state index >= 15 is 0 Å². The van der Waals surface area contributed by atoms with Crippen molar-refractivity contribution >= 4 is 0 Å². The summed E-state index contributed by atoms with van der Waals surface area (Å²) in [7, 11) is 0. The molecule has 0 fully saturated rings. The predicted molar refractivity (Wildman–Crippen MR) is 60.6 cm³/mol. The standard InChI is InChI=1S/C12H16N2O/c1-2-11(14-13)9-7-8-15-12-6-4-3-5-10(9)12/h2-6,9,11,14H,1,7-8,13H2. The number of ether oxygens (including phenoxy) is 1. The number of nitrogens with one attached hydrogen (secondary N) is 1. The van der Waals surface area contributed by atoms with E-state index in [1.807, 2.05) is 24.3 Å². The van der Waals surface area contributed by atoms with Crippen molar-refractivity contribution in [2.24, 2.45) is 5.84 Å². The molecule has 2 unspecified atom stereocenters. The molecule has 0 bridgehead atoms. The van der Waals surface area contributed by atoms with E-state index in [4.69, 9.17) is 10.6 Å². The van der Waals surface area contributed by atoms with E-state index in [-0.39, 0.29) is 6.04 Å². The number of nitrogens with two attached hydrogens (primary N) is 1. The number of rotatable bonds is 3. The number of hydrogen-bond acceptors (Lipinski definition) is 3. The third-order valence-corrected chi connectivity index (χ3v) is 2.88. The van der Waals surface area contributed by atoms with Crippen LogP contribution in [0.2, 0.25) is 0 Å². The van der Waals surface area contributed by atoms with Gasteiger partial charge in [-0.25, -0.2) is 0 Å². The van der Waals surface area contributed by atoms with Gasteiger partial charge in [-0.3, -0.25) is 11.3 Å². The topological polar surface area (TPSA) is 47.3 Å². The fourth-order valence-corrected chi connectivity index (χ4v) is 2.09. The van der Waals surface area contributed by atoms with Crippen molar-refractivity contribution < 1.29 is 4.74 Å². The molecule has 0 saturated heterocycles. The Hall–Kier alpha value is -1.32. The molecule has 3 nitrogen and oxygen atoms in total. The highest BCUT2D eigenvalue weighted by Crippen LogP contribution is 2.35. The van der Waals surface area contributed by atoms with Crippen LogP contribution < -0.4 is 16.0 Å². The van der Waals surface area contributed by atoms with Gasteiger partial charge in [-0.15, -0.1) is 6.58 Å². The lowest BCUT2D eigenvalue weighted by Gasteiger charge is -2.30. The number of hydrazine groups is 1. The summed E-state index contributed by atoms with van der Waals surface area (Å²) in [5.74, 6) is 6.84. The number of hydrogen-bond donors (Lipinski definition) is 2. The SMILES string of the molecule is C=CC(NN)C1CCOc2ccccc21. The summed E-state index contributed by atoms with van der Waals surface area (Å²) >= 11 is 0. The van der Waals surface area contributed by atoms with Gasteiger partial charge in [0.15, 0.2) is 0 Å². The molecule has 2 atom stereocenters. The van der Waals surface area contributed by atoms with Crippen LogP contribution in [0.5, 0.6) is 5.75 Å². The first-order valence-electron chi connectivity index (χ1n) is 5.17. The lowest BCUT2D eigenvalue weighted by Crippen LogP contribution is -2.39. The zero-order chi connectivity index (χ0) is 10.7. The fourth-order valence-electron chi connectivity index (χ4n) is 2.09. The first kappa shape index (κ1) is 10.2. The Morgan fingerprint density at radius 3 is 3.07 bits per heavy atom. The molecule has 1 aliphatic heterocycles. The number of para-hydroxylation sites is 1. The first-order valence-corrected chi connectivity index (χ1v) is 5.17. The van der Waals surface area contributed by atoms with Crippen LogP contribution in [0.15, 0.2) is 36.9 Å². The molecular formula is C12H16N2O. The average molecular weight is 204 g/mol. The Morgan fingerprint density at radius 2 is 2.33 bits per heavy atom. The number of benzene rings is 1. The van der Waals surface area contributed by atoms with E-state index in [2.05, 4.69) is 18.1 Å². The third kappa shape index (κ3) is 1.89. The molecular weight excluding hydrogens is 188 g/mol. The summed E-state index contributed by atoms with van der Waals surface area (Å²) in [6, 6.07) is 8.21. The van der Waals surface area contributed by atoms with Gasteiger partial charge in [-0.1, -0.05) is 24.3 Å². The normalized spacial score (nSPS) is 21.3. The van der Waals surface area contributed by atoms with E-state index in [0.29, 0.717) is 5.92 Å². The summed E-state index contributed by atoms with van der Waals surface area (Å²) in [4.78, 5) is 0. The van der Waals surface area contributed by atoms with Crippen molar-refractivity contribution in [3.8, 4) is 5.75 Å². The average Bonchev–Trinajstić information content (AvgIpc) is 2.31. The zero-order valence-electron chi connectivity index (χ0n) is 8.65. The Balaban J connectivity index is 2.32. The minimum atomic E-state index is 0.107. The second kappa shape index (κ2) is 4.47. The Morgan fingerprint density at radius 1 is 1.53 bits per heavy atom. The van der Waals surface area contributed by atoms with Crippen LogP contribution in [-0.4, -0.2) is 12.6 Å². The molecule has 0 saturated carbocycles. The summed E-state index contributed by atoms with van der Waals surface area (Å²) < 4.78 is 5.59. The van der Waals surface area contributed by atoms with E-state index in [9.17, 15) is 0 Å². The van der Waals surface area contributed by atoms with Gasteiger partial charge < -0.3 is 4.74 Å². The smallest absolute Gasteiger partial charge is 0.122 e. The van der Waals surface area contributed by atoms with Crippen molar-refractivity contribution in [3.05, 3.63) is 42.5 Å². The monoisotopic (exact) mass is 204 g/mol. The lowest BCUT2D eigenvalue weighted by atomic mass is 9.87. The maximum atomic E-state index is 5.59. The molecule has 0 spiro atoms. The van der Waals surface area contributed by atoms with Crippen LogP contribution >= 0.6 is 0 Å². The minimum Gasteiger partial charge on any atom is -0.493 e. The van der Waals surface area contributed by atoms with Crippen molar-refractivity contribution in [1.29, 1.82) is 0 Å². The molecule has 0 radical (unpaired) electrons. The molecule has 15 heavy (non-hydrogen) atoms. The number of fused-ring (bicyclic) bond motifs is 1. The van der Waals surface area contributed by atoms with Gasteiger partial charge in [0.05, 0.1) is 6.61 Å². The quantitative estimate of drug-likeness (QED) is 0.446. The molecule has 1 aliphatic rings. The molecule has 2 rings (SSSR count). The largest absolute Gasteiger partial charge is 0.493 e. The van der Waals surface area contributed by atoms with Gasteiger partial charge >= 0.3 is 0 Å². The maximum Gasteiger partial charge on any atom is 0.122 e. The van der Waals surface area contributed by atoms with Gasteiger partial charge in [0.1, 0.15) is 5.75 Å². The zero-order valence-corrected chi connectivity index (χ0v) is 8.65. The maximum absolute atomic E-state index is 5.59. The fraction of sp³-hybridized carbons (Fsp3) is 0.333. The predicted octanol–water partition coefficient (Wildman–Crippen LogP) is 1.57. The first-order chi connectivity index (χ1) is 7.36. The second-order valence-corrected chi connectivity index (χ2v) is 3.71. The van der Waals surface area contributed by atoms with E-state index in [0.717, 1.165) is 18.8 Å². The van der Waals surface area contributed by atoms with Crippen molar-refractivity contribution in [2.75, 3.05) is 6.61 Å². The Labute approximate surface area is 89.9 Å². The highest BCUT2D eigenvalue weighted by molar-refractivity contribution is 5.39. The molecule has 0 aromatic heterocycles. The van der Waals surface area contributed by atoms with Gasteiger partial charge in [0, 0.05) is 12.0 Å². The van der Waals surface area contributed by atoms with E-state index < -0.39 is 0 Å². The van der Waals surface area contributed by atoms with Crippen LogP contribution in [0.1, 0.15) is 17.9 Å². The van der Waals surface area contributed by atoms with Crippen molar-refractivity contribution in [2.45, 2.75) is 18.4 Å². The highest BCUT2D eigenvalue weighted by atomic mass is 16.5. The molecule has 3 heteroatoms. The van der Waals surface area contributed by atoms with Crippen molar-refractivity contribution in [1.82, 2.24) is 5.43 Å². The Bertz CT molecular complexity index is 351. The van der Waals surface area contributed by atoms with E-state index in [1.165, 1.54) is 5.56 Å². The van der Waals surface area contributed by atoms with Gasteiger partial charge in [-0.05, 0) is 18.1 Å². The molecule has 80 valence electrons. The third-order valence-electron chi connectivity index (χ3n) is 2.88. The van der Waals surface area contributed by atoms with Gasteiger partial charge in [-0.2, -0.15) is 0 Å². The van der Waals surface area contributed by atoms with Crippen molar-refractivity contribution in [3.63, 3.8) is 0 Å². The molecule has 0 amide bonds. The van der Waals surface area contributed by atoms with E-state index in [1.54, 1.807) is 0 Å². The summed E-state index contributed by atoms with van der Waals surface area (Å²) in [6.07, 6.45) is 2.82. The molecule has 3 N–H and O–H groups in total. The summed E-state index contributed by atoms with van der Waals surface area (Å²) in [6.45, 7) is 4.54. The molecule has 1 aromatic rings. The van der Waals surface area contributed by atoms with Crippen LogP contribution in [0.4, 0.5) is 0 Å². The highest BCUT2D eigenvalue weighted by Gasteiger charge is 2.26. The van der Waals surface area contributed by atoms with Crippen LogP contribution in [0.25, 0.3) is 0 Å². The molecule has 0 aliphatic carbocycles. The summed E-state index contributed by atoms with van der Waals surface area (Å²) in [5, 5.41) is 0. The van der Waals surface area contributed by atoms with Crippen LogP contribution in [0, 0.1) is 0 Å². The van der Waals surface area contributed by atoms with Crippen LogP contribution in [-0.2, 0) is 0 Å². The lowest BCUT2D eigenvalue weighted by molar-refractivity contribution is 0.255. The molecule has 1 heterocycles. The summed E-state index contributed by atoms with van der Waals surface area (Å²) in [5.41, 5.74) is 4.00. The van der Waals surface area contributed by atoms with Gasteiger partial charge in [0.2, 0.25) is 0 Å². The van der Waals surface area contributed by atoms with Gasteiger partial charge in [0.25, 0.3) is 0 Å². The Kier molecular flexibility index (Phi) is 3.04. The molecule has 1 aromatic carbocycles.